The summed E-state index contributed by atoms with van der Waals surface area (Å²) in [6.07, 6.45) is -0.471. The van der Waals surface area contributed by atoms with Crippen molar-refractivity contribution in [2.75, 3.05) is 11.5 Å². The maximum absolute atomic E-state index is 11.8. The molecule has 0 saturated carbocycles. The third-order valence-electron chi connectivity index (χ3n) is 3.49. The number of hydrogen-bond acceptors (Lipinski definition) is 6. The van der Waals surface area contributed by atoms with Gasteiger partial charge in [-0.15, -0.1) is 4.91 Å². The number of nitrogens with one attached hydrogen (secondary N) is 2. The number of carbonyl (C=O) groups excluding carboxylic acids is 1. The van der Waals surface area contributed by atoms with Crippen LogP contribution in [0, 0.1) is 4.91 Å². The van der Waals surface area contributed by atoms with Crippen LogP contribution in [0.3, 0.4) is 0 Å². The molecule has 1 unspecified atom stereocenters. The van der Waals surface area contributed by atoms with E-state index in [1.165, 1.54) is 0 Å². The highest BCUT2D eigenvalue weighted by Crippen LogP contribution is 2.35. The summed E-state index contributed by atoms with van der Waals surface area (Å²) >= 11 is 0. The first-order valence-corrected chi connectivity index (χ1v) is 8.43. The Hall–Kier alpha value is -2.42. The molecule has 2 aromatic rings. The second-order valence-corrected chi connectivity index (χ2v) is 7.30. The summed E-state index contributed by atoms with van der Waals surface area (Å²) in [5.41, 5.74) is 0.619. The summed E-state index contributed by atoms with van der Waals surface area (Å²) in [5.74, 6) is -0.117. The molecule has 3 rings (SSSR count). The number of ether oxygens (including phenoxy) is 1. The highest BCUT2D eigenvalue weighted by molar-refractivity contribution is 7.91. The number of fused-ring (bicyclic) bond motifs is 1. The summed E-state index contributed by atoms with van der Waals surface area (Å²) in [6, 6.07) is 6.42. The monoisotopic (exact) mass is 323 g/mol. The SMILES string of the molecule is O=Nc1c(OC(=O)NC2CCS(=O)(=O)C2)[nH]c2ccccc12. The molecule has 22 heavy (non-hydrogen) atoms. The Bertz CT molecular complexity index is 842. The predicted molar refractivity (Wildman–Crippen MR) is 80.0 cm³/mol. The van der Waals surface area contributed by atoms with Gasteiger partial charge in [-0.3, -0.25) is 0 Å². The van der Waals surface area contributed by atoms with Gasteiger partial charge >= 0.3 is 6.09 Å². The van der Waals surface area contributed by atoms with Crippen LogP contribution in [0.25, 0.3) is 10.9 Å². The fourth-order valence-electron chi connectivity index (χ4n) is 2.46. The van der Waals surface area contributed by atoms with Gasteiger partial charge in [0.25, 0.3) is 0 Å². The van der Waals surface area contributed by atoms with E-state index in [9.17, 15) is 18.1 Å². The van der Waals surface area contributed by atoms with Crippen LogP contribution in [0.4, 0.5) is 10.5 Å². The number of carbonyl (C=O) groups is 1. The van der Waals surface area contributed by atoms with Crippen LogP contribution in [-0.4, -0.2) is 37.0 Å². The molecule has 1 fully saturated rings. The van der Waals surface area contributed by atoms with Crippen molar-refractivity contribution < 1.29 is 17.9 Å². The number of hydrogen-bond donors (Lipinski definition) is 2. The smallest absolute Gasteiger partial charge is 0.391 e. The van der Waals surface area contributed by atoms with E-state index in [2.05, 4.69) is 15.5 Å². The van der Waals surface area contributed by atoms with Crippen LogP contribution in [0.1, 0.15) is 6.42 Å². The van der Waals surface area contributed by atoms with Crippen molar-refractivity contribution in [1.82, 2.24) is 10.3 Å². The number of nitrogens with zero attached hydrogens (tertiary/aromatic N) is 1. The maximum atomic E-state index is 11.8. The van der Waals surface area contributed by atoms with Crippen LogP contribution in [0.15, 0.2) is 29.4 Å². The third kappa shape index (κ3) is 2.80. The van der Waals surface area contributed by atoms with Gasteiger partial charge in [-0.25, -0.2) is 13.2 Å². The lowest BCUT2D eigenvalue weighted by Gasteiger charge is -2.10. The van der Waals surface area contributed by atoms with E-state index in [1.807, 2.05) is 0 Å². The largest absolute Gasteiger partial charge is 0.414 e. The first kappa shape index (κ1) is 14.5. The molecule has 1 aliphatic heterocycles. The molecule has 0 bridgehead atoms. The minimum atomic E-state index is -3.09. The normalized spacial score (nSPS) is 19.9. The van der Waals surface area contributed by atoms with E-state index in [0.29, 0.717) is 17.3 Å². The standard InChI is InChI=1S/C13H13N3O5S/c17-13(14-8-5-6-22(19,20)7-8)21-12-11(16-18)9-3-1-2-4-10(9)15-12/h1-4,8,15H,5-7H2,(H,14,17). The number of para-hydroxylation sites is 1. The third-order valence-corrected chi connectivity index (χ3v) is 5.25. The lowest BCUT2D eigenvalue weighted by atomic mass is 10.2. The molecule has 9 heteroatoms. The van der Waals surface area contributed by atoms with Crippen molar-refractivity contribution in [3.8, 4) is 5.88 Å². The minimum Gasteiger partial charge on any atom is -0.391 e. The molecular formula is C13H13N3O5S. The van der Waals surface area contributed by atoms with E-state index in [0.717, 1.165) is 0 Å². The Morgan fingerprint density at radius 3 is 2.82 bits per heavy atom. The van der Waals surface area contributed by atoms with Crippen molar-refractivity contribution in [1.29, 1.82) is 0 Å². The first-order chi connectivity index (χ1) is 10.5. The highest BCUT2D eigenvalue weighted by atomic mass is 32.2. The van der Waals surface area contributed by atoms with Gasteiger partial charge in [0, 0.05) is 11.4 Å². The topological polar surface area (TPSA) is 118 Å². The molecule has 0 aliphatic carbocycles. The van der Waals surface area contributed by atoms with Crippen molar-refractivity contribution in [3.05, 3.63) is 29.2 Å². The predicted octanol–water partition coefficient (Wildman–Crippen LogP) is 1.84. The van der Waals surface area contributed by atoms with Gasteiger partial charge in [0.15, 0.2) is 15.5 Å². The Morgan fingerprint density at radius 1 is 1.36 bits per heavy atom. The van der Waals surface area contributed by atoms with Gasteiger partial charge in [-0.05, 0) is 17.7 Å². The van der Waals surface area contributed by atoms with Gasteiger partial charge < -0.3 is 15.0 Å². The molecule has 1 atom stereocenters. The summed E-state index contributed by atoms with van der Waals surface area (Å²) in [6.45, 7) is 0. The van der Waals surface area contributed by atoms with Gasteiger partial charge in [-0.2, -0.15) is 0 Å². The molecule has 1 amide bonds. The molecule has 2 heterocycles. The molecular weight excluding hydrogens is 310 g/mol. The van der Waals surface area contributed by atoms with Crippen molar-refractivity contribution in [3.63, 3.8) is 0 Å². The number of sulfone groups is 1. The van der Waals surface area contributed by atoms with Gasteiger partial charge in [0.1, 0.15) is 0 Å². The Morgan fingerprint density at radius 2 is 2.14 bits per heavy atom. The van der Waals surface area contributed by atoms with E-state index in [1.54, 1.807) is 24.3 Å². The van der Waals surface area contributed by atoms with Gasteiger partial charge in [-0.1, -0.05) is 18.2 Å². The molecule has 1 saturated heterocycles. The van der Waals surface area contributed by atoms with Crippen LogP contribution in [-0.2, 0) is 9.84 Å². The fourth-order valence-corrected chi connectivity index (χ4v) is 4.14. The minimum absolute atomic E-state index is 0.00444. The molecule has 1 aromatic heterocycles. The van der Waals surface area contributed by atoms with Gasteiger partial charge in [0.2, 0.25) is 5.88 Å². The first-order valence-electron chi connectivity index (χ1n) is 6.61. The van der Waals surface area contributed by atoms with Crippen molar-refractivity contribution in [2.45, 2.75) is 12.5 Å². The zero-order valence-electron chi connectivity index (χ0n) is 11.4. The number of H-pyrrole nitrogens is 1. The van der Waals surface area contributed by atoms with Gasteiger partial charge in [0.05, 0.1) is 17.0 Å². The van der Waals surface area contributed by atoms with Crippen molar-refractivity contribution >= 4 is 32.5 Å². The second kappa shape index (κ2) is 5.41. The lowest BCUT2D eigenvalue weighted by Crippen LogP contribution is -2.37. The number of aromatic amines is 1. The van der Waals surface area contributed by atoms with Crippen LogP contribution in [0.5, 0.6) is 5.88 Å². The fraction of sp³-hybridized carbons (Fsp3) is 0.308. The number of amides is 1. The number of benzene rings is 1. The van der Waals surface area contributed by atoms with Crippen LogP contribution < -0.4 is 10.1 Å². The van der Waals surface area contributed by atoms with E-state index >= 15 is 0 Å². The molecule has 116 valence electrons. The molecule has 0 spiro atoms. The molecule has 2 N–H and O–H groups in total. The van der Waals surface area contributed by atoms with E-state index in [-0.39, 0.29) is 23.1 Å². The Labute approximate surface area is 125 Å². The molecule has 0 radical (unpaired) electrons. The Kier molecular flexibility index (Phi) is 3.57. The lowest BCUT2D eigenvalue weighted by molar-refractivity contribution is 0.196. The second-order valence-electron chi connectivity index (χ2n) is 5.07. The van der Waals surface area contributed by atoms with Crippen LogP contribution in [0.2, 0.25) is 0 Å². The van der Waals surface area contributed by atoms with E-state index in [4.69, 9.17) is 4.74 Å². The molecule has 8 nitrogen and oxygen atoms in total. The number of aromatic nitrogens is 1. The summed E-state index contributed by atoms with van der Waals surface area (Å²) in [7, 11) is -3.09. The van der Waals surface area contributed by atoms with E-state index < -0.39 is 22.0 Å². The average molecular weight is 323 g/mol. The Balaban J connectivity index is 1.75. The molecule has 1 aliphatic rings. The average Bonchev–Trinajstić information content (AvgIpc) is 2.97. The summed E-state index contributed by atoms with van der Waals surface area (Å²) in [4.78, 5) is 25.6. The maximum Gasteiger partial charge on any atom is 0.414 e. The summed E-state index contributed by atoms with van der Waals surface area (Å²) in [5, 5.41) is 5.90. The zero-order valence-corrected chi connectivity index (χ0v) is 12.2. The number of nitroso groups, excluding NO2 is 1. The quantitative estimate of drug-likeness (QED) is 0.836. The van der Waals surface area contributed by atoms with Crippen molar-refractivity contribution in [2.24, 2.45) is 5.18 Å². The highest BCUT2D eigenvalue weighted by Gasteiger charge is 2.29. The molecule has 1 aromatic carbocycles. The summed E-state index contributed by atoms with van der Waals surface area (Å²) < 4.78 is 27.7. The van der Waals surface area contributed by atoms with Crippen LogP contribution >= 0.6 is 0 Å². The number of rotatable bonds is 3. The zero-order chi connectivity index (χ0) is 15.7.